The van der Waals surface area contributed by atoms with Gasteiger partial charge in [-0.2, -0.15) is 0 Å². The third-order valence-electron chi connectivity index (χ3n) is 3.74. The van der Waals surface area contributed by atoms with Gasteiger partial charge in [0, 0.05) is 31.7 Å². The Morgan fingerprint density at radius 1 is 1.33 bits per heavy atom. The van der Waals surface area contributed by atoms with Crippen LogP contribution in [0.5, 0.6) is 0 Å². The lowest BCUT2D eigenvalue weighted by Crippen LogP contribution is -2.45. The predicted octanol–water partition coefficient (Wildman–Crippen LogP) is 1.10. The maximum absolute atomic E-state index is 9.18. The van der Waals surface area contributed by atoms with Crippen molar-refractivity contribution in [1.82, 2.24) is 10.2 Å². The normalized spacial score (nSPS) is 24.0. The summed E-state index contributed by atoms with van der Waals surface area (Å²) in [5.41, 5.74) is 0.249. The Hall–Kier alpha value is -0.160. The number of rotatable bonds is 10. The van der Waals surface area contributed by atoms with Gasteiger partial charge in [0.05, 0.1) is 13.2 Å². The summed E-state index contributed by atoms with van der Waals surface area (Å²) < 4.78 is 5.61. The summed E-state index contributed by atoms with van der Waals surface area (Å²) in [7, 11) is 0. The van der Waals surface area contributed by atoms with E-state index in [1.165, 1.54) is 12.8 Å². The maximum atomic E-state index is 9.18. The minimum atomic E-state index is 0.249. The number of unbranched alkanes of at least 4 members (excludes halogenated alkanes) is 1. The number of aliphatic hydroxyl groups is 1. The molecule has 0 spiro atoms. The third kappa shape index (κ3) is 5.22. The van der Waals surface area contributed by atoms with Crippen molar-refractivity contribution in [3.8, 4) is 0 Å². The van der Waals surface area contributed by atoms with E-state index < -0.39 is 0 Å². The van der Waals surface area contributed by atoms with Crippen LogP contribution in [0.3, 0.4) is 0 Å². The minimum Gasteiger partial charge on any atom is -0.395 e. The number of hydrogen-bond acceptors (Lipinski definition) is 4. The Balaban J connectivity index is 2.49. The molecular formula is C14H30N2O2. The molecule has 4 nitrogen and oxygen atoms in total. The molecule has 1 atom stereocenters. The van der Waals surface area contributed by atoms with Crippen molar-refractivity contribution in [2.24, 2.45) is 5.41 Å². The molecular weight excluding hydrogens is 228 g/mol. The van der Waals surface area contributed by atoms with Crippen LogP contribution in [0.15, 0.2) is 0 Å². The molecule has 0 bridgehead atoms. The molecule has 1 aliphatic heterocycles. The quantitative estimate of drug-likeness (QED) is 0.616. The smallest absolute Gasteiger partial charge is 0.0558 e. The zero-order valence-corrected chi connectivity index (χ0v) is 12.1. The SMILES string of the molecule is CCCCN(CCO)CC1(CNCC)CCOC1. The summed E-state index contributed by atoms with van der Waals surface area (Å²) in [6, 6.07) is 0. The lowest BCUT2D eigenvalue weighted by Gasteiger charge is -2.34. The number of nitrogens with one attached hydrogen (secondary N) is 1. The van der Waals surface area contributed by atoms with Gasteiger partial charge in [-0.05, 0) is 25.9 Å². The summed E-state index contributed by atoms with van der Waals surface area (Å²) in [6.45, 7) is 11.3. The Morgan fingerprint density at radius 2 is 2.17 bits per heavy atom. The molecule has 1 saturated heterocycles. The van der Waals surface area contributed by atoms with E-state index in [1.54, 1.807) is 0 Å². The fourth-order valence-electron chi connectivity index (χ4n) is 2.63. The van der Waals surface area contributed by atoms with Gasteiger partial charge in [-0.3, -0.25) is 0 Å². The average molecular weight is 258 g/mol. The molecule has 0 saturated carbocycles. The van der Waals surface area contributed by atoms with Gasteiger partial charge >= 0.3 is 0 Å². The molecule has 1 heterocycles. The van der Waals surface area contributed by atoms with Crippen molar-refractivity contribution in [3.63, 3.8) is 0 Å². The fourth-order valence-corrected chi connectivity index (χ4v) is 2.63. The van der Waals surface area contributed by atoms with Crippen LogP contribution in [0.25, 0.3) is 0 Å². The third-order valence-corrected chi connectivity index (χ3v) is 3.74. The first kappa shape index (κ1) is 15.9. The summed E-state index contributed by atoms with van der Waals surface area (Å²) in [5, 5.41) is 12.6. The Labute approximate surface area is 112 Å². The Bertz CT molecular complexity index is 206. The average Bonchev–Trinajstić information content (AvgIpc) is 2.83. The molecule has 0 aromatic heterocycles. The number of nitrogens with zero attached hydrogens (tertiary/aromatic N) is 1. The van der Waals surface area contributed by atoms with Crippen molar-refractivity contribution < 1.29 is 9.84 Å². The molecule has 1 rings (SSSR count). The standard InChI is InChI=1S/C14H30N2O2/c1-3-5-7-16(8-9-17)12-14(11-15-4-2)6-10-18-13-14/h15,17H,3-13H2,1-2H3. The monoisotopic (exact) mass is 258 g/mol. The van der Waals surface area contributed by atoms with E-state index in [2.05, 4.69) is 24.1 Å². The lowest BCUT2D eigenvalue weighted by molar-refractivity contribution is 0.0963. The van der Waals surface area contributed by atoms with Gasteiger partial charge in [-0.1, -0.05) is 20.3 Å². The van der Waals surface area contributed by atoms with Crippen LogP contribution in [-0.2, 0) is 4.74 Å². The van der Waals surface area contributed by atoms with E-state index in [0.29, 0.717) is 0 Å². The van der Waals surface area contributed by atoms with Crippen LogP contribution < -0.4 is 5.32 Å². The number of aliphatic hydroxyl groups excluding tert-OH is 1. The van der Waals surface area contributed by atoms with Gasteiger partial charge in [0.15, 0.2) is 0 Å². The van der Waals surface area contributed by atoms with Gasteiger partial charge in [-0.15, -0.1) is 0 Å². The molecule has 18 heavy (non-hydrogen) atoms. The van der Waals surface area contributed by atoms with Gasteiger partial charge in [0.2, 0.25) is 0 Å². The van der Waals surface area contributed by atoms with Gasteiger partial charge in [0.1, 0.15) is 0 Å². The fraction of sp³-hybridized carbons (Fsp3) is 1.00. The zero-order chi connectivity index (χ0) is 13.3. The maximum Gasteiger partial charge on any atom is 0.0558 e. The highest BCUT2D eigenvalue weighted by Gasteiger charge is 2.35. The van der Waals surface area contributed by atoms with Crippen LogP contribution in [0.2, 0.25) is 0 Å². The number of hydrogen-bond donors (Lipinski definition) is 2. The van der Waals surface area contributed by atoms with Crippen LogP contribution >= 0.6 is 0 Å². The molecule has 1 unspecified atom stereocenters. The molecule has 1 aliphatic rings. The molecule has 0 amide bonds. The van der Waals surface area contributed by atoms with Crippen molar-refractivity contribution in [1.29, 1.82) is 0 Å². The Morgan fingerprint density at radius 3 is 2.72 bits per heavy atom. The van der Waals surface area contributed by atoms with Crippen LogP contribution in [0.4, 0.5) is 0 Å². The molecule has 0 aromatic carbocycles. The van der Waals surface area contributed by atoms with E-state index in [4.69, 9.17) is 4.74 Å². The lowest BCUT2D eigenvalue weighted by atomic mass is 9.86. The highest BCUT2D eigenvalue weighted by atomic mass is 16.5. The molecule has 4 heteroatoms. The first-order valence-electron chi connectivity index (χ1n) is 7.38. The van der Waals surface area contributed by atoms with Crippen molar-refractivity contribution >= 4 is 0 Å². The summed E-state index contributed by atoms with van der Waals surface area (Å²) in [6.07, 6.45) is 3.55. The van der Waals surface area contributed by atoms with Gasteiger partial charge in [0.25, 0.3) is 0 Å². The van der Waals surface area contributed by atoms with Crippen molar-refractivity contribution in [3.05, 3.63) is 0 Å². The topological polar surface area (TPSA) is 44.7 Å². The summed E-state index contributed by atoms with van der Waals surface area (Å²) in [5.74, 6) is 0. The molecule has 0 aromatic rings. The van der Waals surface area contributed by atoms with E-state index in [9.17, 15) is 5.11 Å². The minimum absolute atomic E-state index is 0.249. The summed E-state index contributed by atoms with van der Waals surface area (Å²) in [4.78, 5) is 2.40. The Kier molecular flexibility index (Phi) is 7.82. The van der Waals surface area contributed by atoms with Gasteiger partial charge < -0.3 is 20.1 Å². The number of ether oxygens (including phenoxy) is 1. The molecule has 2 N–H and O–H groups in total. The van der Waals surface area contributed by atoms with Crippen LogP contribution in [-0.4, -0.2) is 62.6 Å². The van der Waals surface area contributed by atoms with E-state index in [0.717, 1.165) is 52.4 Å². The second kappa shape index (κ2) is 8.86. The predicted molar refractivity (Wildman–Crippen MR) is 74.8 cm³/mol. The molecule has 0 aliphatic carbocycles. The molecule has 0 radical (unpaired) electrons. The first-order valence-corrected chi connectivity index (χ1v) is 7.38. The largest absolute Gasteiger partial charge is 0.395 e. The van der Waals surface area contributed by atoms with Crippen molar-refractivity contribution in [2.45, 2.75) is 33.1 Å². The first-order chi connectivity index (χ1) is 8.76. The molecule has 1 fully saturated rings. The summed E-state index contributed by atoms with van der Waals surface area (Å²) >= 11 is 0. The second-order valence-corrected chi connectivity index (χ2v) is 5.44. The van der Waals surface area contributed by atoms with E-state index in [1.807, 2.05) is 0 Å². The second-order valence-electron chi connectivity index (χ2n) is 5.44. The van der Waals surface area contributed by atoms with E-state index >= 15 is 0 Å². The van der Waals surface area contributed by atoms with Gasteiger partial charge in [-0.25, -0.2) is 0 Å². The highest BCUT2D eigenvalue weighted by Crippen LogP contribution is 2.29. The zero-order valence-electron chi connectivity index (χ0n) is 12.1. The highest BCUT2D eigenvalue weighted by molar-refractivity contribution is 4.88. The van der Waals surface area contributed by atoms with Crippen LogP contribution in [0.1, 0.15) is 33.1 Å². The van der Waals surface area contributed by atoms with Crippen LogP contribution in [0, 0.1) is 5.41 Å². The van der Waals surface area contributed by atoms with E-state index in [-0.39, 0.29) is 12.0 Å². The van der Waals surface area contributed by atoms with Crippen molar-refractivity contribution in [2.75, 3.05) is 52.5 Å². The molecule has 108 valence electrons.